The van der Waals surface area contributed by atoms with Crippen molar-refractivity contribution in [2.45, 2.75) is 19.3 Å². The molecule has 7 heteroatoms. The maximum absolute atomic E-state index is 13.3. The summed E-state index contributed by atoms with van der Waals surface area (Å²) in [5, 5.41) is 16.4. The highest BCUT2D eigenvalue weighted by Crippen LogP contribution is 2.21. The highest BCUT2D eigenvalue weighted by atomic mass is 35.5. The SMILES string of the molecule is NC(=O)c1c(CCc2ccc(O)cc2)n[nH]c1Cc1ccc(F)c(Cl)c1. The number of nitrogens with two attached hydrogens (primary N) is 1. The van der Waals surface area contributed by atoms with E-state index >= 15 is 0 Å². The van der Waals surface area contributed by atoms with Gasteiger partial charge in [0.15, 0.2) is 0 Å². The lowest BCUT2D eigenvalue weighted by atomic mass is 10.0. The van der Waals surface area contributed by atoms with E-state index in [4.69, 9.17) is 17.3 Å². The van der Waals surface area contributed by atoms with Gasteiger partial charge in [-0.25, -0.2) is 4.39 Å². The van der Waals surface area contributed by atoms with Gasteiger partial charge in [0.2, 0.25) is 0 Å². The Hall–Kier alpha value is -2.86. The number of aryl methyl sites for hydroxylation is 2. The first kappa shape index (κ1) is 17.9. The first-order valence-electron chi connectivity index (χ1n) is 8.02. The molecule has 134 valence electrons. The minimum absolute atomic E-state index is 0.0233. The Balaban J connectivity index is 1.80. The summed E-state index contributed by atoms with van der Waals surface area (Å²) in [4.78, 5) is 11.9. The Morgan fingerprint density at radius 1 is 1.15 bits per heavy atom. The summed E-state index contributed by atoms with van der Waals surface area (Å²) in [5.74, 6) is -0.862. The van der Waals surface area contributed by atoms with Crippen molar-refractivity contribution in [3.05, 3.63) is 81.4 Å². The number of aromatic amines is 1. The molecule has 0 spiro atoms. The number of carbonyl (C=O) groups excluding carboxylic acids is 1. The van der Waals surface area contributed by atoms with Gasteiger partial charge in [0.25, 0.3) is 5.91 Å². The van der Waals surface area contributed by atoms with Crippen LogP contribution in [0, 0.1) is 5.82 Å². The third-order valence-corrected chi connectivity index (χ3v) is 4.40. The van der Waals surface area contributed by atoms with Crippen molar-refractivity contribution in [2.24, 2.45) is 5.73 Å². The van der Waals surface area contributed by atoms with E-state index < -0.39 is 11.7 Å². The minimum Gasteiger partial charge on any atom is -0.508 e. The van der Waals surface area contributed by atoms with Gasteiger partial charge in [-0.05, 0) is 48.2 Å². The molecule has 1 heterocycles. The zero-order valence-corrected chi connectivity index (χ0v) is 14.6. The van der Waals surface area contributed by atoms with E-state index in [9.17, 15) is 14.3 Å². The molecule has 4 N–H and O–H groups in total. The number of aromatic hydroxyl groups is 1. The van der Waals surface area contributed by atoms with E-state index in [1.165, 1.54) is 12.1 Å². The number of hydrogen-bond donors (Lipinski definition) is 3. The second kappa shape index (κ2) is 7.58. The van der Waals surface area contributed by atoms with E-state index in [0.717, 1.165) is 11.1 Å². The van der Waals surface area contributed by atoms with Crippen molar-refractivity contribution in [1.82, 2.24) is 10.2 Å². The summed E-state index contributed by atoms with van der Waals surface area (Å²) >= 11 is 5.81. The van der Waals surface area contributed by atoms with E-state index in [2.05, 4.69) is 10.2 Å². The molecule has 0 unspecified atom stereocenters. The van der Waals surface area contributed by atoms with Crippen molar-refractivity contribution in [2.75, 3.05) is 0 Å². The highest BCUT2D eigenvalue weighted by molar-refractivity contribution is 6.30. The largest absolute Gasteiger partial charge is 0.508 e. The van der Waals surface area contributed by atoms with Crippen LogP contribution in [0.4, 0.5) is 4.39 Å². The highest BCUT2D eigenvalue weighted by Gasteiger charge is 2.18. The van der Waals surface area contributed by atoms with Gasteiger partial charge < -0.3 is 10.8 Å². The maximum Gasteiger partial charge on any atom is 0.252 e. The number of carbonyl (C=O) groups is 1. The van der Waals surface area contributed by atoms with Crippen molar-refractivity contribution in [3.8, 4) is 5.75 Å². The number of rotatable bonds is 6. The molecule has 2 aromatic carbocycles. The van der Waals surface area contributed by atoms with E-state index in [-0.39, 0.29) is 10.8 Å². The van der Waals surface area contributed by atoms with Gasteiger partial charge in [-0.1, -0.05) is 29.8 Å². The number of halogens is 2. The fraction of sp³-hybridized carbons (Fsp3) is 0.158. The van der Waals surface area contributed by atoms with E-state index in [1.807, 2.05) is 12.1 Å². The summed E-state index contributed by atoms with van der Waals surface area (Å²) < 4.78 is 13.3. The van der Waals surface area contributed by atoms with Gasteiger partial charge in [0.1, 0.15) is 11.6 Å². The zero-order chi connectivity index (χ0) is 18.7. The topological polar surface area (TPSA) is 92.0 Å². The van der Waals surface area contributed by atoms with Crippen LogP contribution in [-0.4, -0.2) is 21.2 Å². The molecule has 0 saturated carbocycles. The molecule has 3 aromatic rings. The van der Waals surface area contributed by atoms with Crippen LogP contribution in [0.1, 0.15) is 32.9 Å². The molecule has 26 heavy (non-hydrogen) atoms. The second-order valence-corrected chi connectivity index (χ2v) is 6.39. The van der Waals surface area contributed by atoms with Crippen LogP contribution in [0.15, 0.2) is 42.5 Å². The molecule has 0 atom stereocenters. The zero-order valence-electron chi connectivity index (χ0n) is 13.8. The number of nitrogens with one attached hydrogen (secondary N) is 1. The van der Waals surface area contributed by atoms with Gasteiger partial charge in [0.05, 0.1) is 22.0 Å². The van der Waals surface area contributed by atoms with Gasteiger partial charge >= 0.3 is 0 Å². The number of phenolic OH excluding ortho intramolecular Hbond substituents is 1. The van der Waals surface area contributed by atoms with Crippen molar-refractivity contribution in [3.63, 3.8) is 0 Å². The van der Waals surface area contributed by atoms with Crippen LogP contribution < -0.4 is 5.73 Å². The van der Waals surface area contributed by atoms with E-state index in [0.29, 0.717) is 36.2 Å². The number of H-pyrrole nitrogens is 1. The van der Waals surface area contributed by atoms with Crippen molar-refractivity contribution >= 4 is 17.5 Å². The molecule has 0 saturated heterocycles. The molecule has 3 rings (SSSR count). The molecule has 5 nitrogen and oxygen atoms in total. The molecule has 0 aliphatic heterocycles. The fourth-order valence-electron chi connectivity index (χ4n) is 2.80. The van der Waals surface area contributed by atoms with Crippen LogP contribution in [-0.2, 0) is 19.3 Å². The fourth-order valence-corrected chi connectivity index (χ4v) is 3.00. The lowest BCUT2D eigenvalue weighted by Crippen LogP contribution is -2.15. The molecule has 0 radical (unpaired) electrons. The van der Waals surface area contributed by atoms with Crippen molar-refractivity contribution < 1.29 is 14.3 Å². The lowest BCUT2D eigenvalue weighted by molar-refractivity contribution is 0.0998. The molecule has 0 bridgehead atoms. The number of primary amides is 1. The average molecular weight is 374 g/mol. The summed E-state index contributed by atoms with van der Waals surface area (Å²) in [5.41, 5.74) is 8.79. The molecular weight excluding hydrogens is 357 g/mol. The predicted molar refractivity (Wildman–Crippen MR) is 96.8 cm³/mol. The Labute approximate surface area is 154 Å². The summed E-state index contributed by atoms with van der Waals surface area (Å²) in [6.07, 6.45) is 1.50. The first-order chi connectivity index (χ1) is 12.4. The maximum atomic E-state index is 13.3. The number of hydrogen-bond acceptors (Lipinski definition) is 3. The third kappa shape index (κ3) is 4.03. The normalized spacial score (nSPS) is 10.8. The van der Waals surface area contributed by atoms with Crippen LogP contribution in [0.5, 0.6) is 5.75 Å². The molecular formula is C19H17ClFN3O2. The lowest BCUT2D eigenvalue weighted by Gasteiger charge is -2.05. The van der Waals surface area contributed by atoms with Crippen LogP contribution in [0.3, 0.4) is 0 Å². The smallest absolute Gasteiger partial charge is 0.252 e. The van der Waals surface area contributed by atoms with Crippen molar-refractivity contribution in [1.29, 1.82) is 0 Å². The Morgan fingerprint density at radius 2 is 1.85 bits per heavy atom. The number of aromatic nitrogens is 2. The van der Waals surface area contributed by atoms with Gasteiger partial charge in [0, 0.05) is 6.42 Å². The minimum atomic E-state index is -0.567. The Kier molecular flexibility index (Phi) is 5.23. The third-order valence-electron chi connectivity index (χ3n) is 4.11. The summed E-state index contributed by atoms with van der Waals surface area (Å²) in [7, 11) is 0. The second-order valence-electron chi connectivity index (χ2n) is 5.98. The van der Waals surface area contributed by atoms with Gasteiger partial charge in [-0.2, -0.15) is 5.10 Å². The quantitative estimate of drug-likeness (QED) is 0.618. The Bertz CT molecular complexity index is 938. The number of amides is 1. The Morgan fingerprint density at radius 3 is 2.50 bits per heavy atom. The number of nitrogens with zero attached hydrogens (tertiary/aromatic N) is 1. The van der Waals surface area contributed by atoms with Crippen LogP contribution in [0.25, 0.3) is 0 Å². The molecule has 0 aliphatic rings. The standard InChI is InChI=1S/C19H17ClFN3O2/c20-14-9-12(3-7-15(14)21)10-17-18(19(22)26)16(23-24-17)8-4-11-1-5-13(25)6-2-11/h1-3,5-7,9,25H,4,8,10H2,(H2,22,26)(H,23,24). The molecule has 0 fully saturated rings. The predicted octanol–water partition coefficient (Wildman–Crippen LogP) is 3.38. The van der Waals surface area contributed by atoms with Crippen LogP contribution in [0.2, 0.25) is 5.02 Å². The number of benzene rings is 2. The van der Waals surface area contributed by atoms with Gasteiger partial charge in [-0.3, -0.25) is 9.89 Å². The summed E-state index contributed by atoms with van der Waals surface area (Å²) in [6, 6.07) is 11.2. The molecule has 1 amide bonds. The molecule has 1 aromatic heterocycles. The summed E-state index contributed by atoms with van der Waals surface area (Å²) in [6.45, 7) is 0. The average Bonchev–Trinajstić information content (AvgIpc) is 3.00. The van der Waals surface area contributed by atoms with E-state index in [1.54, 1.807) is 18.2 Å². The van der Waals surface area contributed by atoms with Gasteiger partial charge in [-0.15, -0.1) is 0 Å². The van der Waals surface area contributed by atoms with Crippen LogP contribution >= 0.6 is 11.6 Å². The molecule has 0 aliphatic carbocycles. The number of phenols is 1. The first-order valence-corrected chi connectivity index (χ1v) is 8.39. The monoisotopic (exact) mass is 373 g/mol.